The number of ketones is 2. The predicted octanol–water partition coefficient (Wildman–Crippen LogP) is 7.96. The van der Waals surface area contributed by atoms with Crippen LogP contribution < -0.4 is 30.0 Å². The molecule has 0 aromatic heterocycles. The topological polar surface area (TPSA) is 210 Å². The lowest BCUT2D eigenvalue weighted by molar-refractivity contribution is -0.149. The number of nitrogens with one attached hydrogen (secondary N) is 1. The number of carboxylic acid groups (broad SMARTS) is 1. The van der Waals surface area contributed by atoms with E-state index in [1.165, 1.54) is 55.3 Å². The zero-order valence-corrected chi connectivity index (χ0v) is 42.4. The number of likely N-dealkylation sites (tertiary alicyclic amines) is 2. The van der Waals surface area contributed by atoms with Crippen molar-refractivity contribution in [3.8, 4) is 23.0 Å². The number of carboxylic acids is 1. The number of carbonyl (C=O) groups excluding carboxylic acids is 3. The molecule has 2 fully saturated rings. The predicted molar refractivity (Wildman–Crippen MR) is 285 cm³/mol. The summed E-state index contributed by atoms with van der Waals surface area (Å²) >= 11 is 0. The molecule has 416 valence electrons. The minimum Gasteiger partial charge on any atom is -0.486 e. The normalized spacial score (nSPS) is 16.3. The molecule has 6 N–H and O–H groups in total. The molecule has 19 heteroatoms. The molecule has 6 aromatic rings. The fraction of sp³-hybridized carbons (Fsp3) is 0.390. The minimum absolute atomic E-state index is 0. The second kappa shape index (κ2) is 27.4. The highest BCUT2D eigenvalue weighted by Crippen LogP contribution is 2.38. The number of Topliss-reactive ketones (excluding diaryl/α,β-unsaturated/α-hetero) is 2. The van der Waals surface area contributed by atoms with Crippen LogP contribution in [0.1, 0.15) is 80.4 Å². The Morgan fingerprint density at radius 3 is 1.46 bits per heavy atom. The molecule has 0 spiro atoms. The Morgan fingerprint density at radius 1 is 0.551 bits per heavy atom. The Hall–Kier alpha value is -7.16. The van der Waals surface area contributed by atoms with Crippen LogP contribution in [0.3, 0.4) is 0 Å². The van der Waals surface area contributed by atoms with Gasteiger partial charge in [0.1, 0.15) is 44.2 Å². The average molecular weight is 1080 g/mol. The third-order valence-corrected chi connectivity index (χ3v) is 13.9. The smallest absolute Gasteiger partial charge is 0.372 e. The van der Waals surface area contributed by atoms with Crippen molar-refractivity contribution >= 4 is 45.0 Å². The van der Waals surface area contributed by atoms with Crippen molar-refractivity contribution in [2.45, 2.75) is 83.1 Å². The van der Waals surface area contributed by atoms with Crippen LogP contribution in [-0.2, 0) is 32.0 Å². The van der Waals surface area contributed by atoms with Gasteiger partial charge in [-0.05, 0) is 157 Å². The van der Waals surface area contributed by atoms with Crippen molar-refractivity contribution in [1.82, 2.24) is 15.1 Å². The molecule has 4 aliphatic heterocycles. The highest BCUT2D eigenvalue weighted by atomic mass is 19.1. The summed E-state index contributed by atoms with van der Waals surface area (Å²) in [4.78, 5) is 51.3. The molecule has 4 aliphatic rings. The van der Waals surface area contributed by atoms with E-state index in [1.807, 2.05) is 18.2 Å². The van der Waals surface area contributed by atoms with Crippen molar-refractivity contribution in [2.24, 2.45) is 5.73 Å². The van der Waals surface area contributed by atoms with E-state index in [-0.39, 0.29) is 67.9 Å². The lowest BCUT2D eigenvalue weighted by Crippen LogP contribution is -2.48. The van der Waals surface area contributed by atoms with Crippen LogP contribution in [0.2, 0.25) is 0 Å². The molecule has 0 bridgehead atoms. The maximum Gasteiger partial charge on any atom is 0.372 e. The number of carbonyl (C=O) groups is 4. The SMILES string of the molecule is C.N[C@H](CN1CCCC1)[C@H](O)c1cc(F)c2c(c1)OCCO2.O=C(CCc1ccc2cc(F)ccc2c1)C(=O)N[C@H](CN1CCCC1)[C@H](O)c1cc(F)c2c(c1)OCCO2.O=C(O)C(=O)CCc1ccc2cc(F)ccc2c1. The van der Waals surface area contributed by atoms with Gasteiger partial charge < -0.3 is 55.1 Å². The summed E-state index contributed by atoms with van der Waals surface area (Å²) in [6.45, 7) is 5.79. The first-order valence-electron chi connectivity index (χ1n) is 25.8. The minimum atomic E-state index is -1.40. The summed E-state index contributed by atoms with van der Waals surface area (Å²) in [5, 5.41) is 36.0. The monoisotopic (exact) mass is 1080 g/mol. The van der Waals surface area contributed by atoms with Crippen molar-refractivity contribution < 1.29 is 71.0 Å². The summed E-state index contributed by atoms with van der Waals surface area (Å²) in [6.07, 6.45) is 2.83. The number of halogens is 4. The first-order valence-corrected chi connectivity index (χ1v) is 25.8. The second-order valence-electron chi connectivity index (χ2n) is 19.5. The van der Waals surface area contributed by atoms with E-state index < -0.39 is 59.4 Å². The Kier molecular flexibility index (Phi) is 20.6. The van der Waals surface area contributed by atoms with Gasteiger partial charge in [-0.15, -0.1) is 0 Å². The third-order valence-electron chi connectivity index (χ3n) is 13.9. The lowest BCUT2D eigenvalue weighted by Gasteiger charge is -2.29. The van der Waals surface area contributed by atoms with E-state index in [2.05, 4.69) is 15.1 Å². The van der Waals surface area contributed by atoms with E-state index in [0.717, 1.165) is 71.7 Å². The van der Waals surface area contributed by atoms with Gasteiger partial charge in [0.2, 0.25) is 11.6 Å². The summed E-state index contributed by atoms with van der Waals surface area (Å²) in [6, 6.07) is 24.1. The van der Waals surface area contributed by atoms with E-state index >= 15 is 0 Å². The van der Waals surface area contributed by atoms with Crippen LogP contribution >= 0.6 is 0 Å². The fourth-order valence-electron chi connectivity index (χ4n) is 9.74. The largest absolute Gasteiger partial charge is 0.486 e. The number of amides is 1. The molecule has 0 saturated carbocycles. The summed E-state index contributed by atoms with van der Waals surface area (Å²) in [5.41, 5.74) is 8.45. The van der Waals surface area contributed by atoms with Gasteiger partial charge in [0.15, 0.2) is 34.6 Å². The molecule has 15 nitrogen and oxygen atoms in total. The second-order valence-corrected chi connectivity index (χ2v) is 19.5. The molecular formula is C59H66F4N4O11. The van der Waals surface area contributed by atoms with Gasteiger partial charge in [-0.1, -0.05) is 56.0 Å². The number of hydrogen-bond donors (Lipinski definition) is 5. The Morgan fingerprint density at radius 2 is 0.974 bits per heavy atom. The number of aryl methyl sites for hydroxylation is 2. The number of aliphatic hydroxyl groups excluding tert-OH is 2. The highest BCUT2D eigenvalue weighted by molar-refractivity contribution is 6.36. The van der Waals surface area contributed by atoms with Crippen molar-refractivity contribution in [1.29, 1.82) is 0 Å². The Labute approximate surface area is 449 Å². The number of fused-ring (bicyclic) bond motifs is 4. The van der Waals surface area contributed by atoms with Gasteiger partial charge in [-0.3, -0.25) is 14.4 Å². The van der Waals surface area contributed by atoms with Gasteiger partial charge in [-0.2, -0.15) is 0 Å². The Balaban J connectivity index is 0.000000186. The Bertz CT molecular complexity index is 3080. The van der Waals surface area contributed by atoms with E-state index in [4.69, 9.17) is 29.8 Å². The number of hydrogen-bond acceptors (Lipinski definition) is 13. The van der Waals surface area contributed by atoms with Gasteiger partial charge >= 0.3 is 5.97 Å². The molecule has 4 atom stereocenters. The first kappa shape index (κ1) is 58.5. The zero-order valence-electron chi connectivity index (χ0n) is 42.4. The summed E-state index contributed by atoms with van der Waals surface area (Å²) in [5.74, 6) is -4.75. The molecule has 6 aromatic carbocycles. The van der Waals surface area contributed by atoms with E-state index in [0.29, 0.717) is 50.5 Å². The van der Waals surface area contributed by atoms with E-state index in [1.54, 1.807) is 36.4 Å². The van der Waals surface area contributed by atoms with Crippen LogP contribution in [0, 0.1) is 23.3 Å². The lowest BCUT2D eigenvalue weighted by atomic mass is 9.99. The first-order chi connectivity index (χ1) is 37.1. The van der Waals surface area contributed by atoms with Crippen molar-refractivity contribution in [3.05, 3.63) is 143 Å². The van der Waals surface area contributed by atoms with Gasteiger partial charge in [-0.25, -0.2) is 22.4 Å². The van der Waals surface area contributed by atoms with Crippen LogP contribution in [-0.4, -0.2) is 126 Å². The summed E-state index contributed by atoms with van der Waals surface area (Å²) < 4.78 is 76.5. The van der Waals surface area contributed by atoms with Crippen LogP contribution in [0.5, 0.6) is 23.0 Å². The molecule has 10 rings (SSSR count). The number of ether oxygens (including phenoxy) is 4. The number of rotatable bonds is 17. The zero-order chi connectivity index (χ0) is 54.6. The number of nitrogens with zero attached hydrogens (tertiary/aromatic N) is 2. The molecular weight excluding hydrogens is 1020 g/mol. The maximum absolute atomic E-state index is 14.6. The van der Waals surface area contributed by atoms with Gasteiger partial charge in [0.05, 0.1) is 12.1 Å². The third kappa shape index (κ3) is 15.5. The van der Waals surface area contributed by atoms with Crippen LogP contribution in [0.25, 0.3) is 21.5 Å². The van der Waals surface area contributed by atoms with Gasteiger partial charge in [0.25, 0.3) is 5.91 Å². The number of aliphatic carboxylic acids is 1. The standard InChI is InChI=1S/C29H30F2N2O5.C15H21FN2O3.C14H11FO3.CH4/c30-22-7-6-19-13-18(3-5-20(19)14-22)4-8-25(34)29(36)32-24(17-33-9-1-2-10-33)27(35)21-15-23(31)28-26(16-21)37-11-12-38-28;16-11-7-10(8-13-15(11)21-6-5-20-13)14(19)12(17)9-18-3-1-2-4-18;15-12-5-4-10-7-9(1-3-11(10)8-12)2-6-13(16)14(17)18;/h3,5-7,13-16,24,27,35H,1-2,4,8-12,17H2,(H,32,36);7-8,12,14,19H,1-6,9,17H2;1,3-5,7-8H,2,6H2,(H,17,18);1H4/t24-,27-;12-,14-;;/m11../s1. The summed E-state index contributed by atoms with van der Waals surface area (Å²) in [7, 11) is 0. The van der Waals surface area contributed by atoms with Gasteiger partial charge in [0, 0.05) is 32.0 Å². The molecule has 0 unspecified atom stereocenters. The molecule has 78 heavy (non-hydrogen) atoms. The molecule has 2 saturated heterocycles. The molecule has 0 aliphatic carbocycles. The van der Waals surface area contributed by atoms with Crippen LogP contribution in [0.15, 0.2) is 97.1 Å². The average Bonchev–Trinajstić information content (AvgIpc) is 4.17. The fourth-order valence-corrected chi connectivity index (χ4v) is 9.74. The number of benzene rings is 6. The number of aliphatic hydroxyl groups is 2. The van der Waals surface area contributed by atoms with Crippen LogP contribution in [0.4, 0.5) is 17.6 Å². The number of nitrogens with two attached hydrogens (primary N) is 1. The highest BCUT2D eigenvalue weighted by Gasteiger charge is 2.31. The molecule has 0 radical (unpaired) electrons. The van der Waals surface area contributed by atoms with Crippen molar-refractivity contribution in [2.75, 3.05) is 65.7 Å². The molecule has 1 amide bonds. The maximum atomic E-state index is 14.6. The van der Waals surface area contributed by atoms with Crippen molar-refractivity contribution in [3.63, 3.8) is 0 Å². The van der Waals surface area contributed by atoms with E-state index in [9.17, 15) is 47.0 Å². The quantitative estimate of drug-likeness (QED) is 0.0434. The molecule has 4 heterocycles.